The number of amides is 1. The summed E-state index contributed by atoms with van der Waals surface area (Å²) in [4.78, 5) is 22.7. The lowest BCUT2D eigenvalue weighted by molar-refractivity contribution is -0.122. The minimum Gasteiger partial charge on any atom is -0.478 e. The van der Waals surface area contributed by atoms with E-state index in [1.165, 1.54) is 12.1 Å². The Balaban J connectivity index is 1.93. The van der Waals surface area contributed by atoms with Gasteiger partial charge in [0.05, 0.1) is 5.56 Å². The standard InChI is InChI=1S/C16H16N2O3/c17-14(12-4-2-1-3-5-12)15(19)18-10-11-6-8-13(9-7-11)16(20)21/h1-9,14H,10,17H2,(H,18,19)(H,20,21). The largest absolute Gasteiger partial charge is 0.478 e. The SMILES string of the molecule is NC(C(=O)NCc1ccc(C(=O)O)cc1)c1ccccc1. The Morgan fingerprint density at radius 2 is 1.67 bits per heavy atom. The molecule has 0 fully saturated rings. The highest BCUT2D eigenvalue weighted by atomic mass is 16.4. The molecule has 2 aromatic rings. The first-order valence-electron chi connectivity index (χ1n) is 6.48. The first-order chi connectivity index (χ1) is 10.1. The molecule has 5 nitrogen and oxygen atoms in total. The van der Waals surface area contributed by atoms with Gasteiger partial charge in [-0.3, -0.25) is 4.79 Å². The van der Waals surface area contributed by atoms with Crippen molar-refractivity contribution in [3.8, 4) is 0 Å². The summed E-state index contributed by atoms with van der Waals surface area (Å²) in [6, 6.07) is 14.7. The van der Waals surface area contributed by atoms with Crippen LogP contribution in [0.15, 0.2) is 54.6 Å². The molecule has 1 amide bonds. The predicted molar refractivity (Wildman–Crippen MR) is 78.6 cm³/mol. The molecular weight excluding hydrogens is 268 g/mol. The molecule has 0 spiro atoms. The minimum atomic E-state index is -0.975. The topological polar surface area (TPSA) is 92.4 Å². The van der Waals surface area contributed by atoms with Gasteiger partial charge < -0.3 is 16.2 Å². The molecule has 0 saturated heterocycles. The Hall–Kier alpha value is -2.66. The molecule has 0 aliphatic rings. The number of carboxylic acid groups (broad SMARTS) is 1. The Morgan fingerprint density at radius 1 is 1.05 bits per heavy atom. The van der Waals surface area contributed by atoms with Gasteiger partial charge in [0.25, 0.3) is 0 Å². The lowest BCUT2D eigenvalue weighted by Gasteiger charge is -2.12. The van der Waals surface area contributed by atoms with E-state index in [0.29, 0.717) is 6.54 Å². The first kappa shape index (κ1) is 14.7. The highest BCUT2D eigenvalue weighted by Gasteiger charge is 2.14. The number of nitrogens with one attached hydrogen (secondary N) is 1. The maximum atomic E-state index is 12.0. The molecule has 4 N–H and O–H groups in total. The average Bonchev–Trinajstić information content (AvgIpc) is 2.53. The van der Waals surface area contributed by atoms with E-state index in [2.05, 4.69) is 5.32 Å². The van der Waals surface area contributed by atoms with Gasteiger partial charge in [0, 0.05) is 6.54 Å². The van der Waals surface area contributed by atoms with E-state index in [0.717, 1.165) is 11.1 Å². The second kappa shape index (κ2) is 6.67. The minimum absolute atomic E-state index is 0.214. The van der Waals surface area contributed by atoms with Crippen molar-refractivity contribution in [1.82, 2.24) is 5.32 Å². The lowest BCUT2D eigenvalue weighted by atomic mass is 10.1. The maximum absolute atomic E-state index is 12.0. The monoisotopic (exact) mass is 284 g/mol. The third kappa shape index (κ3) is 3.90. The van der Waals surface area contributed by atoms with Crippen LogP contribution < -0.4 is 11.1 Å². The van der Waals surface area contributed by atoms with Crippen LogP contribution in [0, 0.1) is 0 Å². The second-order valence-corrected chi connectivity index (χ2v) is 4.61. The molecule has 2 aromatic carbocycles. The first-order valence-corrected chi connectivity index (χ1v) is 6.48. The quantitative estimate of drug-likeness (QED) is 0.779. The molecule has 2 rings (SSSR count). The number of benzene rings is 2. The van der Waals surface area contributed by atoms with E-state index in [1.807, 2.05) is 18.2 Å². The summed E-state index contributed by atoms with van der Waals surface area (Å²) >= 11 is 0. The summed E-state index contributed by atoms with van der Waals surface area (Å²) < 4.78 is 0. The molecule has 0 radical (unpaired) electrons. The van der Waals surface area contributed by atoms with Gasteiger partial charge >= 0.3 is 5.97 Å². The van der Waals surface area contributed by atoms with Crippen molar-refractivity contribution >= 4 is 11.9 Å². The highest BCUT2D eigenvalue weighted by Crippen LogP contribution is 2.10. The van der Waals surface area contributed by atoms with E-state index >= 15 is 0 Å². The molecule has 0 aromatic heterocycles. The van der Waals surface area contributed by atoms with Gasteiger partial charge in [0.1, 0.15) is 6.04 Å². The van der Waals surface area contributed by atoms with E-state index in [1.54, 1.807) is 24.3 Å². The Labute approximate surface area is 122 Å². The fraction of sp³-hybridized carbons (Fsp3) is 0.125. The van der Waals surface area contributed by atoms with E-state index in [9.17, 15) is 9.59 Å². The summed E-state index contributed by atoms with van der Waals surface area (Å²) in [6.07, 6.45) is 0. The highest BCUT2D eigenvalue weighted by molar-refractivity contribution is 5.87. The van der Waals surface area contributed by atoms with Crippen LogP contribution in [-0.4, -0.2) is 17.0 Å². The average molecular weight is 284 g/mol. The number of aromatic carboxylic acids is 1. The van der Waals surface area contributed by atoms with Crippen molar-refractivity contribution < 1.29 is 14.7 Å². The number of carbonyl (C=O) groups excluding carboxylic acids is 1. The zero-order valence-electron chi connectivity index (χ0n) is 11.3. The Bertz CT molecular complexity index is 624. The van der Waals surface area contributed by atoms with Crippen molar-refractivity contribution in [3.63, 3.8) is 0 Å². The molecule has 108 valence electrons. The summed E-state index contributed by atoms with van der Waals surface area (Å²) in [5.41, 5.74) is 7.65. The molecule has 5 heteroatoms. The van der Waals surface area contributed by atoms with E-state index in [-0.39, 0.29) is 11.5 Å². The van der Waals surface area contributed by atoms with Crippen LogP contribution in [0.1, 0.15) is 27.5 Å². The van der Waals surface area contributed by atoms with Crippen molar-refractivity contribution in [2.75, 3.05) is 0 Å². The maximum Gasteiger partial charge on any atom is 0.335 e. The third-order valence-corrected chi connectivity index (χ3v) is 3.11. The molecular formula is C16H16N2O3. The van der Waals surface area contributed by atoms with Crippen molar-refractivity contribution in [2.45, 2.75) is 12.6 Å². The number of carboxylic acids is 1. The zero-order chi connectivity index (χ0) is 15.2. The van der Waals surface area contributed by atoms with E-state index in [4.69, 9.17) is 10.8 Å². The van der Waals surface area contributed by atoms with Crippen LogP contribution in [0.2, 0.25) is 0 Å². The summed E-state index contributed by atoms with van der Waals surface area (Å²) in [5, 5.41) is 11.5. The summed E-state index contributed by atoms with van der Waals surface area (Å²) in [6.45, 7) is 0.305. The number of hydrogen-bond donors (Lipinski definition) is 3. The molecule has 0 saturated carbocycles. The molecule has 0 aliphatic heterocycles. The Morgan fingerprint density at radius 3 is 2.24 bits per heavy atom. The summed E-state index contributed by atoms with van der Waals surface area (Å²) in [5.74, 6) is -1.25. The van der Waals surface area contributed by atoms with Crippen LogP contribution in [-0.2, 0) is 11.3 Å². The normalized spacial score (nSPS) is 11.7. The summed E-state index contributed by atoms with van der Waals surface area (Å²) in [7, 11) is 0. The van der Waals surface area contributed by atoms with Crippen LogP contribution in [0.5, 0.6) is 0 Å². The third-order valence-electron chi connectivity index (χ3n) is 3.11. The van der Waals surface area contributed by atoms with Crippen molar-refractivity contribution in [1.29, 1.82) is 0 Å². The van der Waals surface area contributed by atoms with Crippen LogP contribution >= 0.6 is 0 Å². The number of carbonyl (C=O) groups is 2. The van der Waals surface area contributed by atoms with Gasteiger partial charge in [-0.1, -0.05) is 42.5 Å². The molecule has 0 bridgehead atoms. The van der Waals surface area contributed by atoms with Gasteiger partial charge in [-0.25, -0.2) is 4.79 Å². The fourth-order valence-corrected chi connectivity index (χ4v) is 1.88. The fourth-order valence-electron chi connectivity index (χ4n) is 1.88. The second-order valence-electron chi connectivity index (χ2n) is 4.61. The molecule has 0 aliphatic carbocycles. The Kier molecular flexibility index (Phi) is 4.68. The van der Waals surface area contributed by atoms with Gasteiger partial charge in [-0.15, -0.1) is 0 Å². The van der Waals surface area contributed by atoms with Gasteiger partial charge in [0.2, 0.25) is 5.91 Å². The van der Waals surface area contributed by atoms with E-state index < -0.39 is 12.0 Å². The number of hydrogen-bond acceptors (Lipinski definition) is 3. The molecule has 1 unspecified atom stereocenters. The van der Waals surface area contributed by atoms with Crippen LogP contribution in [0.25, 0.3) is 0 Å². The molecule has 0 heterocycles. The number of nitrogens with two attached hydrogens (primary N) is 1. The van der Waals surface area contributed by atoms with Crippen molar-refractivity contribution in [3.05, 3.63) is 71.3 Å². The van der Waals surface area contributed by atoms with Crippen LogP contribution in [0.4, 0.5) is 0 Å². The number of rotatable bonds is 5. The van der Waals surface area contributed by atoms with Crippen molar-refractivity contribution in [2.24, 2.45) is 5.73 Å². The lowest BCUT2D eigenvalue weighted by Crippen LogP contribution is -2.33. The van der Waals surface area contributed by atoms with Gasteiger partial charge in [-0.2, -0.15) is 0 Å². The van der Waals surface area contributed by atoms with Gasteiger partial charge in [0.15, 0.2) is 0 Å². The van der Waals surface area contributed by atoms with Gasteiger partial charge in [-0.05, 0) is 23.3 Å². The molecule has 21 heavy (non-hydrogen) atoms. The van der Waals surface area contributed by atoms with Crippen LogP contribution in [0.3, 0.4) is 0 Å². The smallest absolute Gasteiger partial charge is 0.335 e. The zero-order valence-corrected chi connectivity index (χ0v) is 11.3. The predicted octanol–water partition coefficient (Wildman–Crippen LogP) is 1.70. The molecule has 1 atom stereocenters.